The van der Waals surface area contributed by atoms with Crippen LogP contribution in [0, 0.1) is 0 Å². The zero-order valence-corrected chi connectivity index (χ0v) is 7.90. The average molecular weight is 214 g/mol. The van der Waals surface area contributed by atoms with Crippen molar-refractivity contribution < 1.29 is 9.90 Å². The first-order chi connectivity index (χ1) is 6.97. The lowest BCUT2D eigenvalue weighted by molar-refractivity contribution is 0.254. The highest BCUT2D eigenvalue weighted by atomic mass is 16.3. The number of urea groups is 1. The number of nitrogens with one attached hydrogen (secondary N) is 2. The lowest BCUT2D eigenvalue weighted by atomic mass is 10.4. The summed E-state index contributed by atoms with van der Waals surface area (Å²) in [6.45, 7) is 1.66. The number of aromatic hydroxyl groups is 1. The zero-order valence-electron chi connectivity index (χ0n) is 7.90. The molecule has 0 unspecified atom stereocenters. The average Bonchev–Trinajstić information content (AvgIpc) is 2.09. The summed E-state index contributed by atoms with van der Waals surface area (Å²) in [6.07, 6.45) is 0. The number of hydrogen-bond acceptors (Lipinski definition) is 4. The molecule has 0 spiro atoms. The van der Waals surface area contributed by atoms with Crippen LogP contribution in [0.5, 0.6) is 5.88 Å². The predicted molar refractivity (Wildman–Crippen MR) is 52.0 cm³/mol. The van der Waals surface area contributed by atoms with Gasteiger partial charge in [-0.25, -0.2) is 9.59 Å². The summed E-state index contributed by atoms with van der Waals surface area (Å²) in [5, 5.41) is 9.30. The highest BCUT2D eigenvalue weighted by Crippen LogP contribution is 2.16. The fourth-order valence-electron chi connectivity index (χ4n) is 1.14. The Hall–Kier alpha value is -2.25. The van der Waals surface area contributed by atoms with Gasteiger partial charge in [-0.1, -0.05) is 0 Å². The molecule has 0 saturated carbocycles. The van der Waals surface area contributed by atoms with Crippen molar-refractivity contribution in [1.29, 1.82) is 0 Å². The topological polar surface area (TPSA) is 132 Å². The Labute approximate surface area is 83.3 Å². The number of aromatic nitrogens is 2. The van der Waals surface area contributed by atoms with Gasteiger partial charge in [0.25, 0.3) is 5.56 Å². The van der Waals surface area contributed by atoms with Crippen LogP contribution in [0.2, 0.25) is 0 Å². The van der Waals surface area contributed by atoms with Crippen LogP contribution < -0.4 is 21.9 Å². The molecule has 1 aromatic rings. The summed E-state index contributed by atoms with van der Waals surface area (Å²) in [6, 6.07) is -0.898. The molecule has 0 aliphatic carbocycles. The van der Waals surface area contributed by atoms with Gasteiger partial charge < -0.3 is 10.8 Å². The molecule has 0 fully saturated rings. The molecular formula is C7H10N4O4. The molecule has 1 heterocycles. The van der Waals surface area contributed by atoms with Crippen molar-refractivity contribution in [2.75, 3.05) is 11.4 Å². The highest BCUT2D eigenvalue weighted by Gasteiger charge is 2.19. The van der Waals surface area contributed by atoms with Crippen LogP contribution >= 0.6 is 0 Å². The lowest BCUT2D eigenvalue weighted by Crippen LogP contribution is -2.40. The number of amides is 2. The number of rotatable bonds is 2. The molecule has 2 amide bonds. The first-order valence-corrected chi connectivity index (χ1v) is 4.10. The Bertz CT molecular complexity index is 488. The van der Waals surface area contributed by atoms with E-state index < -0.39 is 23.2 Å². The zero-order chi connectivity index (χ0) is 11.6. The Morgan fingerprint density at radius 1 is 1.47 bits per heavy atom. The number of nitrogens with zero attached hydrogens (tertiary/aromatic N) is 1. The van der Waals surface area contributed by atoms with Crippen molar-refractivity contribution >= 4 is 11.7 Å². The summed E-state index contributed by atoms with van der Waals surface area (Å²) < 4.78 is 0. The van der Waals surface area contributed by atoms with E-state index in [4.69, 9.17) is 5.73 Å². The molecular weight excluding hydrogens is 204 g/mol. The second kappa shape index (κ2) is 3.86. The van der Waals surface area contributed by atoms with Crippen LogP contribution in [0.1, 0.15) is 6.92 Å². The fraction of sp³-hybridized carbons (Fsp3) is 0.286. The summed E-state index contributed by atoms with van der Waals surface area (Å²) in [5.74, 6) is -0.690. The van der Waals surface area contributed by atoms with E-state index in [-0.39, 0.29) is 12.2 Å². The van der Waals surface area contributed by atoms with Crippen molar-refractivity contribution in [2.24, 2.45) is 5.73 Å². The maximum Gasteiger partial charge on any atom is 0.328 e. The van der Waals surface area contributed by atoms with Gasteiger partial charge in [-0.15, -0.1) is 0 Å². The summed E-state index contributed by atoms with van der Waals surface area (Å²) in [5.41, 5.74) is 2.88. The largest absolute Gasteiger partial charge is 0.493 e. The second-order valence-electron chi connectivity index (χ2n) is 2.69. The van der Waals surface area contributed by atoms with Gasteiger partial charge in [-0.2, -0.15) is 0 Å². The van der Waals surface area contributed by atoms with Crippen LogP contribution in [0.3, 0.4) is 0 Å². The number of primary amides is 1. The van der Waals surface area contributed by atoms with Crippen LogP contribution in [-0.2, 0) is 0 Å². The van der Waals surface area contributed by atoms with Crippen molar-refractivity contribution in [2.45, 2.75) is 6.92 Å². The lowest BCUT2D eigenvalue weighted by Gasteiger charge is -2.17. The monoisotopic (exact) mass is 214 g/mol. The summed E-state index contributed by atoms with van der Waals surface area (Å²) >= 11 is 0. The molecule has 82 valence electrons. The van der Waals surface area contributed by atoms with Gasteiger partial charge >= 0.3 is 11.7 Å². The SMILES string of the molecule is CCN(C(N)=O)c1c(O)[nH]c(=O)[nH]c1=O. The van der Waals surface area contributed by atoms with E-state index in [1.807, 2.05) is 9.97 Å². The Kier molecular flexibility index (Phi) is 2.79. The minimum Gasteiger partial charge on any atom is -0.493 e. The standard InChI is InChI=1S/C7H10N4O4/c1-2-11(6(8)14)3-4(12)9-7(15)10-5(3)13/h2H2,1H3,(H2,8,14)(H3,9,10,12,13,15). The van der Waals surface area contributed by atoms with Gasteiger partial charge in [0.15, 0.2) is 5.69 Å². The molecule has 0 atom stereocenters. The van der Waals surface area contributed by atoms with Crippen molar-refractivity contribution in [1.82, 2.24) is 9.97 Å². The molecule has 8 nitrogen and oxygen atoms in total. The second-order valence-corrected chi connectivity index (χ2v) is 2.69. The van der Waals surface area contributed by atoms with E-state index in [0.29, 0.717) is 0 Å². The van der Waals surface area contributed by atoms with Crippen molar-refractivity contribution in [3.63, 3.8) is 0 Å². The fourth-order valence-corrected chi connectivity index (χ4v) is 1.14. The molecule has 5 N–H and O–H groups in total. The third kappa shape index (κ3) is 1.98. The Morgan fingerprint density at radius 2 is 2.07 bits per heavy atom. The van der Waals surface area contributed by atoms with Crippen LogP contribution in [0.4, 0.5) is 10.5 Å². The normalized spacial score (nSPS) is 9.93. The van der Waals surface area contributed by atoms with E-state index in [2.05, 4.69) is 0 Å². The summed E-state index contributed by atoms with van der Waals surface area (Å²) in [7, 11) is 0. The third-order valence-corrected chi connectivity index (χ3v) is 1.75. The number of carbonyl (C=O) groups is 1. The van der Waals surface area contributed by atoms with E-state index in [1.54, 1.807) is 6.92 Å². The molecule has 0 aliphatic heterocycles. The first kappa shape index (κ1) is 10.8. The van der Waals surface area contributed by atoms with E-state index in [1.165, 1.54) is 0 Å². The molecule has 15 heavy (non-hydrogen) atoms. The Morgan fingerprint density at radius 3 is 2.47 bits per heavy atom. The number of hydrogen-bond donors (Lipinski definition) is 4. The van der Waals surface area contributed by atoms with E-state index in [9.17, 15) is 19.5 Å². The van der Waals surface area contributed by atoms with Crippen LogP contribution in [-0.4, -0.2) is 27.7 Å². The van der Waals surface area contributed by atoms with Gasteiger partial charge in [-0.05, 0) is 6.92 Å². The predicted octanol–water partition coefficient (Wildman–Crippen LogP) is -1.33. The number of anilines is 1. The molecule has 0 radical (unpaired) electrons. The van der Waals surface area contributed by atoms with E-state index in [0.717, 1.165) is 4.90 Å². The molecule has 0 saturated heterocycles. The van der Waals surface area contributed by atoms with Crippen molar-refractivity contribution in [3.8, 4) is 5.88 Å². The number of carbonyl (C=O) groups excluding carboxylic acids is 1. The maximum absolute atomic E-state index is 11.3. The minimum absolute atomic E-state index is 0.0953. The van der Waals surface area contributed by atoms with Crippen molar-refractivity contribution in [3.05, 3.63) is 20.8 Å². The van der Waals surface area contributed by atoms with Gasteiger partial charge in [0.2, 0.25) is 5.88 Å². The van der Waals surface area contributed by atoms with E-state index >= 15 is 0 Å². The molecule has 0 aromatic carbocycles. The quantitative estimate of drug-likeness (QED) is 0.485. The van der Waals surface area contributed by atoms with Crippen LogP contribution in [0.15, 0.2) is 9.59 Å². The molecule has 0 aliphatic rings. The van der Waals surface area contributed by atoms with Gasteiger partial charge in [0, 0.05) is 6.54 Å². The Balaban J connectivity index is 3.42. The van der Waals surface area contributed by atoms with Crippen LogP contribution in [0.25, 0.3) is 0 Å². The molecule has 1 rings (SSSR count). The summed E-state index contributed by atoms with van der Waals surface area (Å²) in [4.78, 5) is 37.6. The molecule has 8 heteroatoms. The molecule has 0 bridgehead atoms. The van der Waals surface area contributed by atoms with Gasteiger partial charge in [-0.3, -0.25) is 19.7 Å². The first-order valence-electron chi connectivity index (χ1n) is 4.10. The minimum atomic E-state index is -0.898. The number of H-pyrrole nitrogens is 2. The molecule has 1 aromatic heterocycles. The van der Waals surface area contributed by atoms with Gasteiger partial charge in [0.05, 0.1) is 0 Å². The third-order valence-electron chi connectivity index (χ3n) is 1.75. The number of nitrogens with two attached hydrogens (primary N) is 1. The highest BCUT2D eigenvalue weighted by molar-refractivity contribution is 5.91. The maximum atomic E-state index is 11.3. The van der Waals surface area contributed by atoms with Gasteiger partial charge in [0.1, 0.15) is 0 Å². The number of aromatic amines is 2. The smallest absolute Gasteiger partial charge is 0.328 e.